The zero-order chi connectivity index (χ0) is 20.8. The maximum absolute atomic E-state index is 5.46. The lowest BCUT2D eigenvalue weighted by atomic mass is 10.1. The number of benzene rings is 2. The predicted molar refractivity (Wildman–Crippen MR) is 122 cm³/mol. The van der Waals surface area contributed by atoms with Crippen LogP contribution in [0.5, 0.6) is 0 Å². The summed E-state index contributed by atoms with van der Waals surface area (Å²) in [4.78, 5) is 6.00. The average molecular weight is 412 g/mol. The fourth-order valence-corrected chi connectivity index (χ4v) is 4.39. The Morgan fingerprint density at radius 2 is 1.87 bits per heavy atom. The first-order chi connectivity index (χ1) is 15.2. The Labute approximate surface area is 179 Å². The number of morpholine rings is 1. The third-order valence-corrected chi connectivity index (χ3v) is 6.05. The van der Waals surface area contributed by atoms with Crippen LogP contribution in [0.1, 0.15) is 5.56 Å². The summed E-state index contributed by atoms with van der Waals surface area (Å²) in [6, 6.07) is 15.2. The quantitative estimate of drug-likeness (QED) is 0.469. The highest BCUT2D eigenvalue weighted by Gasteiger charge is 2.14. The first-order valence-corrected chi connectivity index (χ1v) is 10.6. The van der Waals surface area contributed by atoms with Gasteiger partial charge in [-0.3, -0.25) is 14.7 Å². The smallest absolute Gasteiger partial charge is 0.116 e. The van der Waals surface area contributed by atoms with Crippen molar-refractivity contribution in [3.63, 3.8) is 0 Å². The van der Waals surface area contributed by atoms with Crippen LogP contribution >= 0.6 is 0 Å². The molecule has 5 aromatic rings. The Kier molecular flexibility index (Phi) is 4.36. The molecular weight excluding hydrogens is 388 g/mol. The number of aromatic nitrogens is 5. The van der Waals surface area contributed by atoms with Gasteiger partial charge >= 0.3 is 0 Å². The van der Waals surface area contributed by atoms with E-state index in [9.17, 15) is 0 Å². The molecule has 0 atom stereocenters. The number of hydrogen-bond donors (Lipinski definition) is 2. The third kappa shape index (κ3) is 3.41. The van der Waals surface area contributed by atoms with Crippen LogP contribution in [0.3, 0.4) is 0 Å². The normalized spacial score (nSPS) is 15.3. The largest absolute Gasteiger partial charge is 0.379 e. The van der Waals surface area contributed by atoms with Crippen LogP contribution in [-0.2, 0) is 18.3 Å². The van der Waals surface area contributed by atoms with E-state index in [0.29, 0.717) is 0 Å². The molecule has 0 unspecified atom stereocenters. The molecule has 7 heteroatoms. The molecule has 0 saturated carbocycles. The number of hydrogen-bond acceptors (Lipinski definition) is 4. The topological polar surface area (TPSA) is 74.8 Å². The van der Waals surface area contributed by atoms with Crippen LogP contribution in [0.15, 0.2) is 54.9 Å². The van der Waals surface area contributed by atoms with Gasteiger partial charge < -0.3 is 9.72 Å². The molecule has 0 amide bonds. The lowest BCUT2D eigenvalue weighted by Crippen LogP contribution is -2.35. The average Bonchev–Trinajstić information content (AvgIpc) is 3.51. The Bertz CT molecular complexity index is 1370. The molecule has 3 aromatic heterocycles. The molecule has 0 radical (unpaired) electrons. The summed E-state index contributed by atoms with van der Waals surface area (Å²) in [7, 11) is 1.93. The molecule has 2 N–H and O–H groups in total. The molecule has 31 heavy (non-hydrogen) atoms. The van der Waals surface area contributed by atoms with Crippen molar-refractivity contribution < 1.29 is 4.74 Å². The minimum atomic E-state index is 0.823. The van der Waals surface area contributed by atoms with E-state index in [-0.39, 0.29) is 0 Å². The molecule has 1 saturated heterocycles. The van der Waals surface area contributed by atoms with Gasteiger partial charge in [0, 0.05) is 54.7 Å². The van der Waals surface area contributed by atoms with Gasteiger partial charge in [-0.1, -0.05) is 12.1 Å². The van der Waals surface area contributed by atoms with Crippen LogP contribution in [-0.4, -0.2) is 56.2 Å². The summed E-state index contributed by atoms with van der Waals surface area (Å²) < 4.78 is 7.29. The monoisotopic (exact) mass is 412 g/mol. The lowest BCUT2D eigenvalue weighted by molar-refractivity contribution is 0.0342. The van der Waals surface area contributed by atoms with Crippen molar-refractivity contribution in [3.05, 3.63) is 60.4 Å². The maximum atomic E-state index is 5.46. The number of aromatic amines is 2. The van der Waals surface area contributed by atoms with E-state index in [1.807, 2.05) is 24.1 Å². The zero-order valence-corrected chi connectivity index (χ0v) is 17.4. The van der Waals surface area contributed by atoms with Gasteiger partial charge in [0.05, 0.1) is 30.6 Å². The standard InChI is InChI=1S/C24H24N6O/c1-29-15-19(13-25-29)17-3-5-22-20(11-17)24(28-27-22)23-12-18-10-16(2-4-21(18)26-23)14-30-6-8-31-9-7-30/h2-5,10-13,15,26H,6-9,14H2,1H3,(H,27,28). The highest BCUT2D eigenvalue weighted by molar-refractivity contribution is 5.97. The highest BCUT2D eigenvalue weighted by Crippen LogP contribution is 2.32. The minimum Gasteiger partial charge on any atom is -0.379 e. The van der Waals surface area contributed by atoms with E-state index >= 15 is 0 Å². The van der Waals surface area contributed by atoms with Crippen LogP contribution in [0.4, 0.5) is 0 Å². The second kappa shape index (κ2) is 7.37. The fraction of sp³-hybridized carbons (Fsp3) is 0.250. The molecule has 2 aromatic carbocycles. The molecule has 4 heterocycles. The van der Waals surface area contributed by atoms with Gasteiger partial charge in [0.25, 0.3) is 0 Å². The van der Waals surface area contributed by atoms with Crippen LogP contribution in [0.25, 0.3) is 44.3 Å². The Balaban J connectivity index is 1.36. The molecule has 6 rings (SSSR count). The Hall–Kier alpha value is -3.42. The molecule has 156 valence electrons. The number of nitrogens with one attached hydrogen (secondary N) is 2. The molecule has 0 spiro atoms. The number of H-pyrrole nitrogens is 2. The summed E-state index contributed by atoms with van der Waals surface area (Å²) in [5.74, 6) is 0. The van der Waals surface area contributed by atoms with Crippen LogP contribution < -0.4 is 0 Å². The van der Waals surface area contributed by atoms with Gasteiger partial charge in [-0.15, -0.1) is 0 Å². The van der Waals surface area contributed by atoms with Crippen molar-refractivity contribution in [2.24, 2.45) is 7.05 Å². The molecule has 1 aliphatic rings. The first-order valence-electron chi connectivity index (χ1n) is 10.6. The number of aryl methyl sites for hydroxylation is 1. The van der Waals surface area contributed by atoms with Crippen LogP contribution in [0.2, 0.25) is 0 Å². The summed E-state index contributed by atoms with van der Waals surface area (Å²) >= 11 is 0. The lowest BCUT2D eigenvalue weighted by Gasteiger charge is -2.26. The van der Waals surface area contributed by atoms with Crippen molar-refractivity contribution in [1.82, 2.24) is 29.9 Å². The number of nitrogens with zero attached hydrogens (tertiary/aromatic N) is 4. The molecule has 1 fully saturated rings. The van der Waals surface area contributed by atoms with Gasteiger partial charge in [-0.05, 0) is 41.5 Å². The molecule has 1 aliphatic heterocycles. The summed E-state index contributed by atoms with van der Waals surface area (Å²) in [5.41, 5.74) is 7.66. The predicted octanol–water partition coefficient (Wildman–Crippen LogP) is 3.94. The van der Waals surface area contributed by atoms with Gasteiger partial charge in [0.1, 0.15) is 5.69 Å². The number of rotatable bonds is 4. The summed E-state index contributed by atoms with van der Waals surface area (Å²) in [6.45, 7) is 4.59. The number of ether oxygens (including phenoxy) is 1. The third-order valence-electron chi connectivity index (χ3n) is 6.05. The second-order valence-corrected chi connectivity index (χ2v) is 8.23. The van der Waals surface area contributed by atoms with Crippen molar-refractivity contribution >= 4 is 21.8 Å². The van der Waals surface area contributed by atoms with Gasteiger partial charge in [0.2, 0.25) is 0 Å². The van der Waals surface area contributed by atoms with E-state index in [4.69, 9.17) is 4.74 Å². The second-order valence-electron chi connectivity index (χ2n) is 8.23. The van der Waals surface area contributed by atoms with Crippen molar-refractivity contribution in [1.29, 1.82) is 0 Å². The van der Waals surface area contributed by atoms with E-state index in [1.54, 1.807) is 0 Å². The van der Waals surface area contributed by atoms with E-state index in [1.165, 1.54) is 10.9 Å². The molecule has 7 nitrogen and oxygen atoms in total. The highest BCUT2D eigenvalue weighted by atomic mass is 16.5. The maximum Gasteiger partial charge on any atom is 0.116 e. The minimum absolute atomic E-state index is 0.823. The molecular formula is C24H24N6O. The van der Waals surface area contributed by atoms with Gasteiger partial charge in [0.15, 0.2) is 0 Å². The van der Waals surface area contributed by atoms with E-state index in [2.05, 4.69) is 67.6 Å². The number of fused-ring (bicyclic) bond motifs is 2. The van der Waals surface area contributed by atoms with Crippen molar-refractivity contribution in [2.75, 3.05) is 26.3 Å². The van der Waals surface area contributed by atoms with Crippen LogP contribution in [0, 0.1) is 0 Å². The van der Waals surface area contributed by atoms with Crippen molar-refractivity contribution in [3.8, 4) is 22.5 Å². The summed E-state index contributed by atoms with van der Waals surface area (Å²) in [6.07, 6.45) is 3.92. The van der Waals surface area contributed by atoms with Gasteiger partial charge in [-0.2, -0.15) is 10.2 Å². The van der Waals surface area contributed by atoms with Gasteiger partial charge in [-0.25, -0.2) is 0 Å². The summed E-state index contributed by atoms with van der Waals surface area (Å²) in [5, 5.41) is 14.4. The molecule has 0 bridgehead atoms. The zero-order valence-electron chi connectivity index (χ0n) is 17.4. The Morgan fingerprint density at radius 1 is 1.00 bits per heavy atom. The van der Waals surface area contributed by atoms with E-state index < -0.39 is 0 Å². The fourth-order valence-electron chi connectivity index (χ4n) is 4.39. The Morgan fingerprint density at radius 3 is 2.71 bits per heavy atom. The van der Waals surface area contributed by atoms with Crippen molar-refractivity contribution in [2.45, 2.75) is 6.54 Å². The van der Waals surface area contributed by atoms with E-state index in [0.717, 1.165) is 71.8 Å². The first kappa shape index (κ1) is 18.4. The molecule has 0 aliphatic carbocycles. The SMILES string of the molecule is Cn1cc(-c2ccc3[nH]nc(-c4cc5cc(CN6CCOCC6)ccc5[nH]4)c3c2)cn1.